The Kier molecular flexibility index (Phi) is 4.13. The van der Waals surface area contributed by atoms with Crippen LogP contribution in [-0.4, -0.2) is 23.9 Å². The van der Waals surface area contributed by atoms with Gasteiger partial charge in [0.2, 0.25) is 0 Å². The van der Waals surface area contributed by atoms with Crippen LogP contribution in [0.1, 0.15) is 30.6 Å². The standard InChI is InChI=1S/C10H14BrNOS/c1-4-7(2)12(3)10(13)8-5-9(11)14-6-8/h5-7H,4H2,1-3H3. The molecule has 14 heavy (non-hydrogen) atoms. The van der Waals surface area contributed by atoms with E-state index in [-0.39, 0.29) is 5.91 Å². The van der Waals surface area contributed by atoms with Gasteiger partial charge in [-0.25, -0.2) is 0 Å². The molecule has 1 unspecified atom stereocenters. The molecule has 1 rings (SSSR count). The minimum absolute atomic E-state index is 0.0984. The maximum Gasteiger partial charge on any atom is 0.254 e. The van der Waals surface area contributed by atoms with Crippen LogP contribution < -0.4 is 0 Å². The zero-order valence-electron chi connectivity index (χ0n) is 8.58. The number of hydrogen-bond donors (Lipinski definition) is 0. The molecule has 0 N–H and O–H groups in total. The number of halogens is 1. The van der Waals surface area contributed by atoms with Gasteiger partial charge in [-0.05, 0) is 35.3 Å². The van der Waals surface area contributed by atoms with Crippen molar-refractivity contribution in [2.75, 3.05) is 7.05 Å². The average Bonchev–Trinajstić information content (AvgIpc) is 2.61. The zero-order chi connectivity index (χ0) is 10.7. The van der Waals surface area contributed by atoms with Gasteiger partial charge < -0.3 is 4.90 Å². The summed E-state index contributed by atoms with van der Waals surface area (Å²) in [5.41, 5.74) is 0.768. The smallest absolute Gasteiger partial charge is 0.254 e. The molecule has 0 saturated heterocycles. The van der Waals surface area contributed by atoms with Crippen molar-refractivity contribution in [2.45, 2.75) is 26.3 Å². The molecule has 1 heterocycles. The quantitative estimate of drug-likeness (QED) is 0.828. The summed E-state index contributed by atoms with van der Waals surface area (Å²) in [4.78, 5) is 13.7. The summed E-state index contributed by atoms with van der Waals surface area (Å²) in [6.07, 6.45) is 0.980. The second kappa shape index (κ2) is 4.94. The number of carbonyl (C=O) groups excluding carboxylic acids is 1. The van der Waals surface area contributed by atoms with Gasteiger partial charge in [0.15, 0.2) is 0 Å². The maximum atomic E-state index is 11.9. The lowest BCUT2D eigenvalue weighted by Crippen LogP contribution is -2.34. The van der Waals surface area contributed by atoms with Gasteiger partial charge in [-0.3, -0.25) is 4.79 Å². The van der Waals surface area contributed by atoms with Crippen LogP contribution in [0.15, 0.2) is 15.2 Å². The predicted octanol–water partition coefficient (Wildman–Crippen LogP) is 3.38. The molecule has 4 heteroatoms. The third kappa shape index (κ3) is 2.58. The van der Waals surface area contributed by atoms with Crippen LogP contribution in [0.3, 0.4) is 0 Å². The molecule has 1 aromatic heterocycles. The first-order chi connectivity index (χ1) is 6.56. The van der Waals surface area contributed by atoms with Gasteiger partial charge in [-0.15, -0.1) is 11.3 Å². The van der Waals surface area contributed by atoms with Crippen LogP contribution in [0.25, 0.3) is 0 Å². The fourth-order valence-electron chi connectivity index (χ4n) is 1.10. The van der Waals surface area contributed by atoms with Crippen LogP contribution in [0.5, 0.6) is 0 Å². The fraction of sp³-hybridized carbons (Fsp3) is 0.500. The first kappa shape index (κ1) is 11.7. The molecule has 0 aliphatic rings. The molecule has 0 bridgehead atoms. The van der Waals surface area contributed by atoms with E-state index in [1.165, 1.54) is 11.3 Å². The topological polar surface area (TPSA) is 20.3 Å². The van der Waals surface area contributed by atoms with Crippen LogP contribution in [0, 0.1) is 0 Å². The molecular formula is C10H14BrNOS. The van der Waals surface area contributed by atoms with Gasteiger partial charge in [0.05, 0.1) is 9.35 Å². The number of carbonyl (C=O) groups is 1. The molecule has 0 aliphatic carbocycles. The summed E-state index contributed by atoms with van der Waals surface area (Å²) >= 11 is 4.89. The number of nitrogens with zero attached hydrogens (tertiary/aromatic N) is 1. The minimum atomic E-state index is 0.0984. The van der Waals surface area contributed by atoms with Crippen molar-refractivity contribution in [3.8, 4) is 0 Å². The van der Waals surface area contributed by atoms with Crippen LogP contribution >= 0.6 is 27.3 Å². The van der Waals surface area contributed by atoms with Gasteiger partial charge in [-0.1, -0.05) is 6.92 Å². The van der Waals surface area contributed by atoms with Gasteiger partial charge >= 0.3 is 0 Å². The van der Waals surface area contributed by atoms with Crippen molar-refractivity contribution in [3.63, 3.8) is 0 Å². The highest BCUT2D eigenvalue weighted by Gasteiger charge is 2.16. The predicted molar refractivity (Wildman–Crippen MR) is 63.9 cm³/mol. The normalized spacial score (nSPS) is 12.6. The highest BCUT2D eigenvalue weighted by Crippen LogP contribution is 2.22. The van der Waals surface area contributed by atoms with E-state index in [1.54, 1.807) is 4.90 Å². The fourth-order valence-corrected chi connectivity index (χ4v) is 2.23. The van der Waals surface area contributed by atoms with Crippen molar-refractivity contribution in [3.05, 3.63) is 20.8 Å². The minimum Gasteiger partial charge on any atom is -0.339 e. The lowest BCUT2D eigenvalue weighted by molar-refractivity contribution is 0.0741. The van der Waals surface area contributed by atoms with Gasteiger partial charge in [-0.2, -0.15) is 0 Å². The average molecular weight is 276 g/mol. The Hall–Kier alpha value is -0.350. The van der Waals surface area contributed by atoms with Crippen molar-refractivity contribution in [2.24, 2.45) is 0 Å². The Morgan fingerprint density at radius 3 is 2.79 bits per heavy atom. The van der Waals surface area contributed by atoms with Crippen molar-refractivity contribution in [1.29, 1.82) is 0 Å². The summed E-state index contributed by atoms with van der Waals surface area (Å²) in [7, 11) is 1.85. The van der Waals surface area contributed by atoms with E-state index in [2.05, 4.69) is 29.8 Å². The van der Waals surface area contributed by atoms with Crippen molar-refractivity contribution < 1.29 is 4.79 Å². The van der Waals surface area contributed by atoms with E-state index in [0.29, 0.717) is 6.04 Å². The Balaban J connectivity index is 2.75. The summed E-state index contributed by atoms with van der Waals surface area (Å²) in [5.74, 6) is 0.0984. The molecule has 1 amide bonds. The Morgan fingerprint density at radius 2 is 2.36 bits per heavy atom. The molecule has 78 valence electrons. The molecule has 0 saturated carbocycles. The molecule has 1 atom stereocenters. The third-order valence-electron chi connectivity index (χ3n) is 2.39. The number of hydrogen-bond acceptors (Lipinski definition) is 2. The largest absolute Gasteiger partial charge is 0.339 e. The van der Waals surface area contributed by atoms with E-state index in [9.17, 15) is 4.79 Å². The molecular weight excluding hydrogens is 262 g/mol. The van der Waals surface area contributed by atoms with Crippen molar-refractivity contribution >= 4 is 33.2 Å². The molecule has 0 aromatic carbocycles. The lowest BCUT2D eigenvalue weighted by atomic mass is 10.2. The summed E-state index contributed by atoms with van der Waals surface area (Å²) < 4.78 is 0.999. The first-order valence-corrected chi connectivity index (χ1v) is 6.24. The van der Waals surface area contributed by atoms with Gasteiger partial charge in [0.1, 0.15) is 0 Å². The van der Waals surface area contributed by atoms with Crippen molar-refractivity contribution in [1.82, 2.24) is 4.90 Å². The van der Waals surface area contributed by atoms with Crippen LogP contribution in [0.4, 0.5) is 0 Å². The molecule has 0 aliphatic heterocycles. The van der Waals surface area contributed by atoms with Crippen LogP contribution in [-0.2, 0) is 0 Å². The van der Waals surface area contributed by atoms with E-state index in [1.807, 2.05) is 18.5 Å². The van der Waals surface area contributed by atoms with Gasteiger partial charge in [0, 0.05) is 18.5 Å². The molecule has 0 radical (unpaired) electrons. The number of rotatable bonds is 3. The Morgan fingerprint density at radius 1 is 1.71 bits per heavy atom. The molecule has 0 spiro atoms. The second-order valence-electron chi connectivity index (χ2n) is 3.31. The van der Waals surface area contributed by atoms with Crippen LogP contribution in [0.2, 0.25) is 0 Å². The zero-order valence-corrected chi connectivity index (χ0v) is 11.0. The van der Waals surface area contributed by atoms with E-state index in [0.717, 1.165) is 15.8 Å². The summed E-state index contributed by atoms with van der Waals surface area (Å²) in [6.45, 7) is 4.14. The molecule has 1 aromatic rings. The number of thiophene rings is 1. The Bertz CT molecular complexity index is 324. The van der Waals surface area contributed by atoms with Gasteiger partial charge in [0.25, 0.3) is 5.91 Å². The molecule has 0 fully saturated rings. The first-order valence-electron chi connectivity index (χ1n) is 4.57. The summed E-state index contributed by atoms with van der Waals surface area (Å²) in [6, 6.07) is 2.16. The number of amides is 1. The Labute approximate surface area is 97.1 Å². The highest BCUT2D eigenvalue weighted by molar-refractivity contribution is 9.11. The maximum absolute atomic E-state index is 11.9. The highest BCUT2D eigenvalue weighted by atomic mass is 79.9. The monoisotopic (exact) mass is 275 g/mol. The van der Waals surface area contributed by atoms with E-state index >= 15 is 0 Å². The SMILES string of the molecule is CCC(C)N(C)C(=O)c1csc(Br)c1. The third-order valence-corrected chi connectivity index (χ3v) is 3.89. The molecule has 2 nitrogen and oxygen atoms in total. The van der Waals surface area contributed by atoms with E-state index in [4.69, 9.17) is 0 Å². The summed E-state index contributed by atoms with van der Waals surface area (Å²) in [5, 5.41) is 1.88. The van der Waals surface area contributed by atoms with E-state index < -0.39 is 0 Å². The second-order valence-corrected chi connectivity index (χ2v) is 5.60. The lowest BCUT2D eigenvalue weighted by Gasteiger charge is -2.23.